The monoisotopic (exact) mass is 435 g/mol. The Morgan fingerprint density at radius 3 is 2.29 bits per heavy atom. The SMILES string of the molecule is c1ccc(-n2c3ccccc3c3ccc4c(c5cnccc5n5c6cnccc6nc45)c32)cc1. The molecular weight excluding hydrogens is 418 g/mol. The molecule has 5 heterocycles. The van der Waals surface area contributed by atoms with Crippen molar-refractivity contribution in [2.75, 3.05) is 0 Å². The summed E-state index contributed by atoms with van der Waals surface area (Å²) in [5, 5.41) is 5.82. The fraction of sp³-hybridized carbons (Fsp3) is 0. The van der Waals surface area contributed by atoms with E-state index in [-0.39, 0.29) is 0 Å². The number of pyridine rings is 3. The fourth-order valence-corrected chi connectivity index (χ4v) is 5.48. The van der Waals surface area contributed by atoms with Crippen molar-refractivity contribution in [3.05, 3.63) is 104 Å². The van der Waals surface area contributed by atoms with Crippen LogP contribution in [0.1, 0.15) is 0 Å². The van der Waals surface area contributed by atoms with Crippen LogP contribution in [0.3, 0.4) is 0 Å². The Morgan fingerprint density at radius 2 is 1.35 bits per heavy atom. The van der Waals surface area contributed by atoms with Gasteiger partial charge >= 0.3 is 0 Å². The molecule has 34 heavy (non-hydrogen) atoms. The molecule has 5 nitrogen and oxygen atoms in total. The molecular formula is C29H17N5. The molecule has 0 spiro atoms. The molecule has 3 aromatic carbocycles. The minimum absolute atomic E-state index is 0.934. The largest absolute Gasteiger partial charge is 0.309 e. The van der Waals surface area contributed by atoms with E-state index < -0.39 is 0 Å². The molecule has 0 aliphatic heterocycles. The van der Waals surface area contributed by atoms with Gasteiger partial charge in [0.25, 0.3) is 0 Å². The van der Waals surface area contributed by atoms with Crippen molar-refractivity contribution in [2.45, 2.75) is 0 Å². The third kappa shape index (κ3) is 2.16. The van der Waals surface area contributed by atoms with E-state index in [1.165, 1.54) is 21.8 Å². The summed E-state index contributed by atoms with van der Waals surface area (Å²) in [6.07, 6.45) is 7.52. The molecule has 5 heteroatoms. The Labute approximate surface area is 193 Å². The van der Waals surface area contributed by atoms with E-state index in [0.29, 0.717) is 0 Å². The van der Waals surface area contributed by atoms with Crippen LogP contribution in [0.4, 0.5) is 0 Å². The lowest BCUT2D eigenvalue weighted by molar-refractivity contribution is 1.19. The van der Waals surface area contributed by atoms with Gasteiger partial charge in [-0.05, 0) is 36.4 Å². The summed E-state index contributed by atoms with van der Waals surface area (Å²) in [6.45, 7) is 0. The summed E-state index contributed by atoms with van der Waals surface area (Å²) < 4.78 is 4.59. The maximum absolute atomic E-state index is 5.05. The van der Waals surface area contributed by atoms with Crippen LogP contribution < -0.4 is 0 Å². The number of rotatable bonds is 1. The number of imidazole rings is 1. The van der Waals surface area contributed by atoms with E-state index in [4.69, 9.17) is 4.98 Å². The van der Waals surface area contributed by atoms with E-state index in [1.807, 2.05) is 24.7 Å². The standard InChI is InChI=1S/C29H17N5/c1-2-6-18(7-3-1)33-24-9-5-4-8-19(24)20-10-11-21-27(28(20)33)22-16-30-15-13-25(22)34-26-17-31-14-12-23(26)32-29(21)34/h1-17H. The second-order valence-electron chi connectivity index (χ2n) is 8.60. The lowest BCUT2D eigenvalue weighted by Gasteiger charge is -2.13. The van der Waals surface area contributed by atoms with Crippen LogP contribution in [0.15, 0.2) is 104 Å². The van der Waals surface area contributed by atoms with Gasteiger partial charge in [-0.1, -0.05) is 42.5 Å². The normalized spacial score (nSPS) is 12.1. The predicted molar refractivity (Wildman–Crippen MR) is 138 cm³/mol. The fourth-order valence-electron chi connectivity index (χ4n) is 5.48. The maximum atomic E-state index is 5.05. The molecule has 0 bridgehead atoms. The molecule has 0 amide bonds. The third-order valence-corrected chi connectivity index (χ3v) is 6.86. The quantitative estimate of drug-likeness (QED) is 0.270. The minimum Gasteiger partial charge on any atom is -0.309 e. The zero-order valence-corrected chi connectivity index (χ0v) is 18.1. The predicted octanol–water partition coefficient (Wildman–Crippen LogP) is 6.68. The van der Waals surface area contributed by atoms with E-state index in [0.717, 1.165) is 44.0 Å². The Balaban J connectivity index is 1.73. The zero-order valence-electron chi connectivity index (χ0n) is 18.1. The highest BCUT2D eigenvalue weighted by Gasteiger charge is 2.20. The van der Waals surface area contributed by atoms with Gasteiger partial charge < -0.3 is 4.57 Å². The average Bonchev–Trinajstić information content (AvgIpc) is 3.46. The summed E-state index contributed by atoms with van der Waals surface area (Å²) in [5.74, 6) is 0. The number of hydrogen-bond donors (Lipinski definition) is 0. The first kappa shape index (κ1) is 17.7. The topological polar surface area (TPSA) is 48.0 Å². The molecule has 0 radical (unpaired) electrons. The van der Waals surface area contributed by atoms with Gasteiger partial charge in [0.05, 0.1) is 33.8 Å². The number of nitrogens with zero attached hydrogens (tertiary/aromatic N) is 5. The van der Waals surface area contributed by atoms with Crippen LogP contribution >= 0.6 is 0 Å². The number of fused-ring (bicyclic) bond motifs is 12. The summed E-state index contributed by atoms with van der Waals surface area (Å²) in [4.78, 5) is 14.0. The first-order valence-electron chi connectivity index (χ1n) is 11.3. The highest BCUT2D eigenvalue weighted by atomic mass is 15.0. The lowest BCUT2D eigenvalue weighted by Crippen LogP contribution is -1.97. The van der Waals surface area contributed by atoms with Crippen molar-refractivity contribution in [3.8, 4) is 5.69 Å². The molecule has 158 valence electrons. The Hall–Kier alpha value is -4.77. The van der Waals surface area contributed by atoms with Gasteiger partial charge in [0.15, 0.2) is 0 Å². The van der Waals surface area contributed by atoms with Crippen LogP contribution in [0, 0.1) is 0 Å². The van der Waals surface area contributed by atoms with Gasteiger partial charge in [-0.15, -0.1) is 0 Å². The van der Waals surface area contributed by atoms with Crippen LogP contribution in [-0.2, 0) is 0 Å². The second kappa shape index (κ2) is 6.39. The molecule has 0 atom stereocenters. The Kier molecular flexibility index (Phi) is 3.34. The number of benzene rings is 3. The van der Waals surface area contributed by atoms with E-state index in [1.54, 1.807) is 6.20 Å². The van der Waals surface area contributed by atoms with E-state index in [2.05, 4.69) is 91.7 Å². The van der Waals surface area contributed by atoms with Gasteiger partial charge in [-0.2, -0.15) is 0 Å². The number of para-hydroxylation sites is 2. The summed E-state index contributed by atoms with van der Waals surface area (Å²) >= 11 is 0. The highest BCUT2D eigenvalue weighted by Crippen LogP contribution is 2.41. The third-order valence-electron chi connectivity index (χ3n) is 6.86. The van der Waals surface area contributed by atoms with Crippen molar-refractivity contribution in [1.82, 2.24) is 23.9 Å². The van der Waals surface area contributed by atoms with Crippen molar-refractivity contribution in [1.29, 1.82) is 0 Å². The summed E-state index contributed by atoms with van der Waals surface area (Å²) in [6, 6.07) is 27.7. The van der Waals surface area contributed by atoms with Gasteiger partial charge in [0.1, 0.15) is 5.65 Å². The molecule has 0 fully saturated rings. The molecule has 0 N–H and O–H groups in total. The van der Waals surface area contributed by atoms with Crippen molar-refractivity contribution in [2.24, 2.45) is 0 Å². The Bertz CT molecular complexity index is 2070. The Morgan fingerprint density at radius 1 is 0.559 bits per heavy atom. The van der Waals surface area contributed by atoms with Crippen LogP contribution in [0.5, 0.6) is 0 Å². The van der Waals surface area contributed by atoms with Crippen LogP contribution in [0.25, 0.3) is 65.8 Å². The van der Waals surface area contributed by atoms with Gasteiger partial charge in [-0.3, -0.25) is 14.4 Å². The summed E-state index contributed by atoms with van der Waals surface area (Å²) in [5.41, 5.74) is 7.44. The molecule has 8 aromatic rings. The van der Waals surface area contributed by atoms with Gasteiger partial charge in [0.2, 0.25) is 0 Å². The molecule has 0 aliphatic rings. The number of aromatic nitrogens is 5. The van der Waals surface area contributed by atoms with Crippen molar-refractivity contribution >= 4 is 60.2 Å². The first-order valence-corrected chi connectivity index (χ1v) is 11.3. The average molecular weight is 435 g/mol. The van der Waals surface area contributed by atoms with Gasteiger partial charge in [0, 0.05) is 51.2 Å². The molecule has 5 aromatic heterocycles. The maximum Gasteiger partial charge on any atom is 0.146 e. The van der Waals surface area contributed by atoms with E-state index in [9.17, 15) is 0 Å². The first-order chi connectivity index (χ1) is 16.9. The van der Waals surface area contributed by atoms with E-state index >= 15 is 0 Å². The lowest BCUT2D eigenvalue weighted by atomic mass is 10.0. The molecule has 0 aliphatic carbocycles. The van der Waals surface area contributed by atoms with Crippen molar-refractivity contribution in [3.63, 3.8) is 0 Å². The summed E-state index contributed by atoms with van der Waals surface area (Å²) in [7, 11) is 0. The minimum atomic E-state index is 0.934. The smallest absolute Gasteiger partial charge is 0.146 e. The van der Waals surface area contributed by atoms with Crippen LogP contribution in [-0.4, -0.2) is 23.9 Å². The molecule has 0 saturated heterocycles. The molecule has 8 rings (SSSR count). The highest BCUT2D eigenvalue weighted by molar-refractivity contribution is 6.27. The second-order valence-corrected chi connectivity index (χ2v) is 8.60. The van der Waals surface area contributed by atoms with Crippen molar-refractivity contribution < 1.29 is 0 Å². The molecule has 0 saturated carbocycles. The number of hydrogen-bond acceptors (Lipinski definition) is 3. The molecule has 0 unspecified atom stereocenters. The van der Waals surface area contributed by atoms with Gasteiger partial charge in [-0.25, -0.2) is 4.98 Å². The zero-order chi connectivity index (χ0) is 22.2. The van der Waals surface area contributed by atoms with Crippen LogP contribution in [0.2, 0.25) is 0 Å².